The summed E-state index contributed by atoms with van der Waals surface area (Å²) in [5.41, 5.74) is 3.42. The molecule has 2 aliphatic rings. The van der Waals surface area contributed by atoms with E-state index in [0.29, 0.717) is 11.5 Å². The van der Waals surface area contributed by atoms with Gasteiger partial charge in [-0.25, -0.2) is 0 Å². The molecule has 3 rings (SSSR count). The number of nitrogens with zero attached hydrogens (tertiary/aromatic N) is 1. The molecule has 2 aliphatic carbocycles. The lowest BCUT2D eigenvalue weighted by Gasteiger charge is -2.27. The molecule has 1 unspecified atom stereocenters. The first kappa shape index (κ1) is 12.2. The highest BCUT2D eigenvalue weighted by Crippen LogP contribution is 2.49. The lowest BCUT2D eigenvalue weighted by molar-refractivity contribution is 0.363. The summed E-state index contributed by atoms with van der Waals surface area (Å²) in [6, 6.07) is 4.82. The quantitative estimate of drug-likeness (QED) is 0.855. The third-order valence-electron chi connectivity index (χ3n) is 4.66. The van der Waals surface area contributed by atoms with Gasteiger partial charge in [0, 0.05) is 18.8 Å². The molecular formula is C16H24N2. The molecule has 1 N–H and O–H groups in total. The lowest BCUT2D eigenvalue weighted by atomic mass is 9.91. The summed E-state index contributed by atoms with van der Waals surface area (Å²) in [4.78, 5) is 4.61. The van der Waals surface area contributed by atoms with Crippen molar-refractivity contribution in [2.24, 2.45) is 5.41 Å². The Bertz CT molecular complexity index is 409. The second-order valence-electron chi connectivity index (χ2n) is 6.12. The van der Waals surface area contributed by atoms with E-state index in [9.17, 15) is 0 Å². The van der Waals surface area contributed by atoms with Crippen LogP contribution in [0.2, 0.25) is 0 Å². The van der Waals surface area contributed by atoms with Crippen molar-refractivity contribution in [1.82, 2.24) is 10.3 Å². The molecule has 1 aromatic rings. The van der Waals surface area contributed by atoms with Crippen molar-refractivity contribution in [3.63, 3.8) is 0 Å². The third kappa shape index (κ3) is 2.44. The van der Waals surface area contributed by atoms with Crippen molar-refractivity contribution >= 4 is 0 Å². The van der Waals surface area contributed by atoms with Crippen molar-refractivity contribution < 1.29 is 0 Å². The molecule has 0 amide bonds. The number of rotatable bonds is 5. The molecule has 1 saturated carbocycles. The van der Waals surface area contributed by atoms with E-state index in [1.165, 1.54) is 62.7 Å². The fraction of sp³-hybridized carbons (Fsp3) is 0.688. The van der Waals surface area contributed by atoms with Gasteiger partial charge in [-0.1, -0.05) is 19.4 Å². The maximum atomic E-state index is 4.61. The molecule has 1 fully saturated rings. The molecule has 98 valence electrons. The summed E-state index contributed by atoms with van der Waals surface area (Å²) < 4.78 is 0. The molecule has 0 aromatic carbocycles. The molecule has 2 nitrogen and oxygen atoms in total. The third-order valence-corrected chi connectivity index (χ3v) is 4.66. The molecule has 1 atom stereocenters. The molecule has 0 aliphatic heterocycles. The van der Waals surface area contributed by atoms with Gasteiger partial charge in [0.25, 0.3) is 0 Å². The first-order valence-corrected chi connectivity index (χ1v) is 7.50. The fourth-order valence-corrected chi connectivity index (χ4v) is 3.37. The summed E-state index contributed by atoms with van der Waals surface area (Å²) >= 11 is 0. The van der Waals surface area contributed by atoms with Crippen molar-refractivity contribution in [2.75, 3.05) is 6.54 Å². The number of aryl methyl sites for hydroxylation is 1. The van der Waals surface area contributed by atoms with E-state index < -0.39 is 0 Å². The highest BCUT2D eigenvalue weighted by Gasteiger charge is 2.41. The van der Waals surface area contributed by atoms with Crippen molar-refractivity contribution in [2.45, 2.75) is 57.9 Å². The van der Waals surface area contributed by atoms with E-state index in [1.807, 2.05) is 6.20 Å². The summed E-state index contributed by atoms with van der Waals surface area (Å²) in [5.74, 6) is 0. The maximum absolute atomic E-state index is 4.61. The molecule has 0 spiro atoms. The summed E-state index contributed by atoms with van der Waals surface area (Å²) in [6.07, 6.45) is 11.3. The van der Waals surface area contributed by atoms with Crippen LogP contribution >= 0.6 is 0 Å². The Morgan fingerprint density at radius 1 is 1.44 bits per heavy atom. The van der Waals surface area contributed by atoms with E-state index in [4.69, 9.17) is 0 Å². The van der Waals surface area contributed by atoms with Gasteiger partial charge in [-0.05, 0) is 55.6 Å². The van der Waals surface area contributed by atoms with Gasteiger partial charge in [-0.2, -0.15) is 0 Å². The molecule has 0 radical (unpaired) electrons. The molecular weight excluding hydrogens is 220 g/mol. The number of aromatic nitrogens is 1. The Kier molecular flexibility index (Phi) is 3.38. The predicted molar refractivity (Wildman–Crippen MR) is 74.5 cm³/mol. The first-order chi connectivity index (χ1) is 8.83. The van der Waals surface area contributed by atoms with Crippen molar-refractivity contribution in [3.05, 3.63) is 29.6 Å². The largest absolute Gasteiger partial charge is 0.308 e. The van der Waals surface area contributed by atoms with Gasteiger partial charge in [0.1, 0.15) is 0 Å². The zero-order valence-electron chi connectivity index (χ0n) is 11.4. The van der Waals surface area contributed by atoms with Crippen LogP contribution in [-0.4, -0.2) is 11.5 Å². The topological polar surface area (TPSA) is 24.9 Å². The lowest BCUT2D eigenvalue weighted by Crippen LogP contribution is -2.31. The van der Waals surface area contributed by atoms with Crippen molar-refractivity contribution in [3.8, 4) is 0 Å². The molecule has 0 saturated heterocycles. The number of hydrogen-bond donors (Lipinski definition) is 1. The monoisotopic (exact) mass is 244 g/mol. The highest BCUT2D eigenvalue weighted by atomic mass is 15.0. The van der Waals surface area contributed by atoms with Crippen LogP contribution in [0.15, 0.2) is 18.3 Å². The van der Waals surface area contributed by atoms with Gasteiger partial charge >= 0.3 is 0 Å². The smallest absolute Gasteiger partial charge is 0.0605 e. The van der Waals surface area contributed by atoms with Crippen LogP contribution in [-0.2, 0) is 6.42 Å². The van der Waals surface area contributed by atoms with E-state index in [-0.39, 0.29) is 0 Å². The zero-order valence-corrected chi connectivity index (χ0v) is 11.4. The number of nitrogens with one attached hydrogen (secondary N) is 1. The van der Waals surface area contributed by atoms with E-state index in [2.05, 4.69) is 29.4 Å². The minimum Gasteiger partial charge on any atom is -0.308 e. The van der Waals surface area contributed by atoms with Crippen molar-refractivity contribution in [1.29, 1.82) is 0 Å². The first-order valence-electron chi connectivity index (χ1n) is 7.50. The van der Waals surface area contributed by atoms with Gasteiger partial charge in [-0.15, -0.1) is 0 Å². The SMILES string of the molecule is CCCC1(CNC2CCCc3cccnc32)CC1. The molecule has 18 heavy (non-hydrogen) atoms. The Labute approximate surface area is 110 Å². The van der Waals surface area contributed by atoms with Crippen LogP contribution in [0.5, 0.6) is 0 Å². The number of fused-ring (bicyclic) bond motifs is 1. The van der Waals surface area contributed by atoms with Crippen LogP contribution in [0.1, 0.15) is 62.7 Å². The van der Waals surface area contributed by atoms with Gasteiger partial charge in [-0.3, -0.25) is 4.98 Å². The fourth-order valence-electron chi connectivity index (χ4n) is 3.37. The Balaban J connectivity index is 1.64. The highest BCUT2D eigenvalue weighted by molar-refractivity contribution is 5.25. The minimum atomic E-state index is 0.504. The minimum absolute atomic E-state index is 0.504. The maximum Gasteiger partial charge on any atom is 0.0605 e. The number of hydrogen-bond acceptors (Lipinski definition) is 2. The average molecular weight is 244 g/mol. The van der Waals surface area contributed by atoms with Crippen LogP contribution in [0.4, 0.5) is 0 Å². The predicted octanol–water partition coefficient (Wildman–Crippen LogP) is 3.63. The van der Waals surface area contributed by atoms with Crippen LogP contribution < -0.4 is 5.32 Å². The molecule has 1 aromatic heterocycles. The van der Waals surface area contributed by atoms with Crippen LogP contribution in [0.3, 0.4) is 0 Å². The molecule has 1 heterocycles. The zero-order chi connectivity index (χ0) is 12.4. The molecule has 0 bridgehead atoms. The van der Waals surface area contributed by atoms with Gasteiger partial charge < -0.3 is 5.32 Å². The average Bonchev–Trinajstić information content (AvgIpc) is 3.17. The number of pyridine rings is 1. The second-order valence-corrected chi connectivity index (χ2v) is 6.12. The Morgan fingerprint density at radius 2 is 2.33 bits per heavy atom. The van der Waals surface area contributed by atoms with Crippen LogP contribution in [0, 0.1) is 5.41 Å². The Morgan fingerprint density at radius 3 is 3.11 bits per heavy atom. The second kappa shape index (κ2) is 5.00. The Hall–Kier alpha value is -0.890. The van der Waals surface area contributed by atoms with Crippen LogP contribution in [0.25, 0.3) is 0 Å². The van der Waals surface area contributed by atoms with E-state index >= 15 is 0 Å². The summed E-state index contributed by atoms with van der Waals surface area (Å²) in [7, 11) is 0. The van der Waals surface area contributed by atoms with E-state index in [1.54, 1.807) is 0 Å². The standard InChI is InChI=1S/C16H24N2/c1-2-8-16(9-10-16)12-18-14-7-3-5-13-6-4-11-17-15(13)14/h4,6,11,14,18H,2-3,5,7-10,12H2,1H3. The molecule has 2 heteroatoms. The normalized spacial score (nSPS) is 24.6. The van der Waals surface area contributed by atoms with Gasteiger partial charge in [0.05, 0.1) is 5.69 Å². The summed E-state index contributed by atoms with van der Waals surface area (Å²) in [6.45, 7) is 3.50. The van der Waals surface area contributed by atoms with Gasteiger partial charge in [0.15, 0.2) is 0 Å². The van der Waals surface area contributed by atoms with E-state index in [0.717, 1.165) is 0 Å². The summed E-state index contributed by atoms with van der Waals surface area (Å²) in [5, 5.41) is 3.80. The van der Waals surface area contributed by atoms with Gasteiger partial charge in [0.2, 0.25) is 0 Å².